The minimum Gasteiger partial charge on any atom is -0.496 e. The number of ether oxygens (including phenoxy) is 1. The lowest BCUT2D eigenvalue weighted by Gasteiger charge is -2.32. The third-order valence-electron chi connectivity index (χ3n) is 5.15. The van der Waals surface area contributed by atoms with Crippen molar-refractivity contribution in [2.45, 2.75) is 26.7 Å². The van der Waals surface area contributed by atoms with Crippen molar-refractivity contribution < 1.29 is 14.3 Å². The average Bonchev–Trinajstić information content (AvgIpc) is 2.72. The molecule has 28 heavy (non-hydrogen) atoms. The van der Waals surface area contributed by atoms with Gasteiger partial charge in [0.15, 0.2) is 5.78 Å². The summed E-state index contributed by atoms with van der Waals surface area (Å²) >= 11 is 0. The smallest absolute Gasteiger partial charge is 0.257 e. The van der Waals surface area contributed by atoms with Crippen LogP contribution in [0.15, 0.2) is 24.5 Å². The predicted molar refractivity (Wildman–Crippen MR) is 107 cm³/mol. The van der Waals surface area contributed by atoms with E-state index >= 15 is 0 Å². The number of piperidine rings is 1. The van der Waals surface area contributed by atoms with E-state index in [1.807, 2.05) is 26.0 Å². The monoisotopic (exact) mass is 382 g/mol. The Morgan fingerprint density at radius 3 is 2.36 bits per heavy atom. The van der Waals surface area contributed by atoms with Crippen molar-refractivity contribution in [2.75, 3.05) is 32.6 Å². The number of aromatic nitrogens is 2. The summed E-state index contributed by atoms with van der Waals surface area (Å²) < 4.78 is 5.39. The van der Waals surface area contributed by atoms with E-state index in [0.29, 0.717) is 30.2 Å². The molecule has 1 aromatic heterocycles. The molecule has 7 nitrogen and oxygen atoms in total. The minimum atomic E-state index is -0.206. The number of nitrogens with zero attached hydrogens (tertiary/aromatic N) is 3. The highest BCUT2D eigenvalue weighted by atomic mass is 16.5. The molecule has 2 heterocycles. The molecule has 7 heteroatoms. The first kappa shape index (κ1) is 19.8. The van der Waals surface area contributed by atoms with Gasteiger partial charge in [0.25, 0.3) is 5.91 Å². The first-order valence-corrected chi connectivity index (χ1v) is 9.43. The number of ketones is 1. The maximum atomic E-state index is 13.1. The van der Waals surface area contributed by atoms with Crippen LogP contribution in [0.3, 0.4) is 0 Å². The highest BCUT2D eigenvalue weighted by molar-refractivity contribution is 5.99. The third kappa shape index (κ3) is 3.98. The van der Waals surface area contributed by atoms with E-state index in [0.717, 1.165) is 29.7 Å². The molecule has 1 aromatic carbocycles. The van der Waals surface area contributed by atoms with Gasteiger partial charge in [0, 0.05) is 44.0 Å². The summed E-state index contributed by atoms with van der Waals surface area (Å²) in [5, 5.41) is 2.83. The standard InChI is InChI=1S/C21H26N4O3/c1-13-8-16(9-14(2)19(13)28-4)18(26)15-6-5-7-25(12-15)20(27)17-10-23-21(22-3)24-11-17/h8-11,15H,5-7,12H2,1-4H3,(H,22,23,24)/t15-/m0/s1. The average molecular weight is 382 g/mol. The highest BCUT2D eigenvalue weighted by Gasteiger charge is 2.30. The van der Waals surface area contributed by atoms with Crippen molar-refractivity contribution in [3.63, 3.8) is 0 Å². The highest BCUT2D eigenvalue weighted by Crippen LogP contribution is 2.28. The normalized spacial score (nSPS) is 16.6. The second kappa shape index (κ2) is 8.37. The molecule has 0 spiro atoms. The second-order valence-corrected chi connectivity index (χ2v) is 7.14. The molecule has 1 atom stereocenters. The molecule has 0 saturated carbocycles. The molecule has 1 aliphatic rings. The SMILES string of the molecule is CNc1ncc(C(=O)N2CCC[C@H](C(=O)c3cc(C)c(OC)c(C)c3)C2)cn1. The van der Waals surface area contributed by atoms with Gasteiger partial charge >= 0.3 is 0 Å². The van der Waals surface area contributed by atoms with Crippen molar-refractivity contribution in [3.8, 4) is 5.75 Å². The number of carbonyl (C=O) groups is 2. The number of rotatable bonds is 5. The zero-order chi connectivity index (χ0) is 20.3. The molecule has 2 aromatic rings. The van der Waals surface area contributed by atoms with Crippen LogP contribution in [0.4, 0.5) is 5.95 Å². The lowest BCUT2D eigenvalue weighted by atomic mass is 9.88. The van der Waals surface area contributed by atoms with Gasteiger partial charge in [0.1, 0.15) is 5.75 Å². The van der Waals surface area contributed by atoms with E-state index in [1.165, 1.54) is 12.4 Å². The van der Waals surface area contributed by atoms with E-state index in [9.17, 15) is 9.59 Å². The molecular weight excluding hydrogens is 356 g/mol. The number of aryl methyl sites for hydroxylation is 2. The molecule has 0 radical (unpaired) electrons. The maximum Gasteiger partial charge on any atom is 0.257 e. The van der Waals surface area contributed by atoms with Crippen LogP contribution < -0.4 is 10.1 Å². The summed E-state index contributed by atoms with van der Waals surface area (Å²) in [5.74, 6) is 1.01. The van der Waals surface area contributed by atoms with Gasteiger partial charge in [-0.15, -0.1) is 0 Å². The first-order chi connectivity index (χ1) is 13.4. The van der Waals surface area contributed by atoms with E-state index in [4.69, 9.17) is 4.74 Å². The van der Waals surface area contributed by atoms with Crippen LogP contribution in [0.1, 0.15) is 44.7 Å². The zero-order valence-electron chi connectivity index (χ0n) is 16.8. The van der Waals surface area contributed by atoms with E-state index in [2.05, 4.69) is 15.3 Å². The lowest BCUT2D eigenvalue weighted by molar-refractivity contribution is 0.0636. The number of anilines is 1. The van der Waals surface area contributed by atoms with Crippen LogP contribution in [0, 0.1) is 19.8 Å². The van der Waals surface area contributed by atoms with Crippen molar-refractivity contribution in [1.82, 2.24) is 14.9 Å². The Labute approximate surface area is 165 Å². The number of nitrogens with one attached hydrogen (secondary N) is 1. The van der Waals surface area contributed by atoms with E-state index in [1.54, 1.807) is 19.1 Å². The molecule has 1 aliphatic heterocycles. The quantitative estimate of drug-likeness (QED) is 0.801. The Kier molecular flexibility index (Phi) is 5.92. The van der Waals surface area contributed by atoms with Crippen LogP contribution in [-0.4, -0.2) is 53.8 Å². The minimum absolute atomic E-state index is 0.0770. The number of hydrogen-bond acceptors (Lipinski definition) is 6. The van der Waals surface area contributed by atoms with Crippen molar-refractivity contribution in [3.05, 3.63) is 46.8 Å². The summed E-state index contributed by atoms with van der Waals surface area (Å²) in [6.45, 7) is 4.93. The van der Waals surface area contributed by atoms with Crippen LogP contribution >= 0.6 is 0 Å². The van der Waals surface area contributed by atoms with Gasteiger partial charge in [-0.05, 0) is 49.9 Å². The third-order valence-corrected chi connectivity index (χ3v) is 5.15. The summed E-state index contributed by atoms with van der Waals surface area (Å²) in [5.41, 5.74) is 2.99. The zero-order valence-corrected chi connectivity index (χ0v) is 16.8. The Balaban J connectivity index is 1.75. The molecule has 0 aliphatic carbocycles. The fourth-order valence-corrected chi connectivity index (χ4v) is 3.78. The molecular formula is C21H26N4O3. The van der Waals surface area contributed by atoms with Crippen molar-refractivity contribution >= 4 is 17.6 Å². The molecule has 1 N–H and O–H groups in total. The van der Waals surface area contributed by atoms with Crippen LogP contribution in [0.5, 0.6) is 5.75 Å². The summed E-state index contributed by atoms with van der Waals surface area (Å²) in [6, 6.07) is 3.75. The predicted octanol–water partition coefficient (Wildman–Crippen LogP) is 2.88. The number of Topliss-reactive ketones (excluding diaryl/α,β-unsaturated/α-hetero) is 1. The number of methoxy groups -OCH3 is 1. The molecule has 0 unspecified atom stereocenters. The van der Waals surface area contributed by atoms with Crippen molar-refractivity contribution in [2.24, 2.45) is 5.92 Å². The van der Waals surface area contributed by atoms with E-state index in [-0.39, 0.29) is 17.6 Å². The number of benzene rings is 1. The van der Waals surface area contributed by atoms with Gasteiger partial charge in [0.2, 0.25) is 5.95 Å². The maximum absolute atomic E-state index is 13.1. The largest absolute Gasteiger partial charge is 0.496 e. The first-order valence-electron chi connectivity index (χ1n) is 9.43. The van der Waals surface area contributed by atoms with Crippen LogP contribution in [-0.2, 0) is 0 Å². The van der Waals surface area contributed by atoms with Crippen LogP contribution in [0.2, 0.25) is 0 Å². The molecule has 1 saturated heterocycles. The number of amides is 1. The number of likely N-dealkylation sites (tertiary alicyclic amines) is 1. The Hall–Kier alpha value is -2.96. The molecule has 1 fully saturated rings. The number of hydrogen-bond donors (Lipinski definition) is 1. The molecule has 1 amide bonds. The summed E-state index contributed by atoms with van der Waals surface area (Å²) in [6.07, 6.45) is 4.61. The Morgan fingerprint density at radius 1 is 1.14 bits per heavy atom. The Bertz CT molecular complexity index is 857. The topological polar surface area (TPSA) is 84.4 Å². The lowest BCUT2D eigenvalue weighted by Crippen LogP contribution is -2.42. The van der Waals surface area contributed by atoms with Crippen molar-refractivity contribution in [1.29, 1.82) is 0 Å². The van der Waals surface area contributed by atoms with Gasteiger partial charge in [-0.1, -0.05) is 0 Å². The second-order valence-electron chi connectivity index (χ2n) is 7.14. The summed E-state index contributed by atoms with van der Waals surface area (Å²) in [7, 11) is 3.36. The fourth-order valence-electron chi connectivity index (χ4n) is 3.78. The summed E-state index contributed by atoms with van der Waals surface area (Å²) in [4.78, 5) is 35.8. The van der Waals surface area contributed by atoms with Crippen LogP contribution in [0.25, 0.3) is 0 Å². The molecule has 0 bridgehead atoms. The van der Waals surface area contributed by atoms with Gasteiger partial charge in [-0.25, -0.2) is 9.97 Å². The number of carbonyl (C=O) groups excluding carboxylic acids is 2. The van der Waals surface area contributed by atoms with E-state index < -0.39 is 0 Å². The van der Waals surface area contributed by atoms with Gasteiger partial charge < -0.3 is 15.0 Å². The molecule has 3 rings (SSSR count). The van der Waals surface area contributed by atoms with Gasteiger partial charge in [-0.3, -0.25) is 9.59 Å². The molecule has 148 valence electrons. The van der Waals surface area contributed by atoms with Gasteiger partial charge in [-0.2, -0.15) is 0 Å². The Morgan fingerprint density at radius 2 is 1.79 bits per heavy atom. The van der Waals surface area contributed by atoms with Gasteiger partial charge in [0.05, 0.1) is 12.7 Å². The fraction of sp³-hybridized carbons (Fsp3) is 0.429.